The zero-order valence-electron chi connectivity index (χ0n) is 28.4. The Morgan fingerprint density at radius 1 is 1.05 bits per heavy atom. The molecule has 55 heavy (non-hydrogen) atoms. The van der Waals surface area contributed by atoms with E-state index in [9.17, 15) is 34.5 Å². The molecule has 4 aromatic rings. The van der Waals surface area contributed by atoms with Gasteiger partial charge < -0.3 is 52.1 Å². The number of thiazole rings is 1. The molecule has 3 atom stereocenters. The van der Waals surface area contributed by atoms with E-state index < -0.39 is 58.5 Å². The van der Waals surface area contributed by atoms with E-state index >= 15 is 0 Å². The number of carboxylic acid groups (broad SMARTS) is 1. The molecule has 22 heteroatoms. The monoisotopic (exact) mass is 809 g/mol. The van der Waals surface area contributed by atoms with Gasteiger partial charge in [0.05, 0.1) is 7.11 Å². The van der Waals surface area contributed by atoms with Gasteiger partial charge in [-0.1, -0.05) is 35.1 Å². The van der Waals surface area contributed by atoms with Gasteiger partial charge in [0, 0.05) is 28.5 Å². The lowest BCUT2D eigenvalue weighted by Crippen LogP contribution is -2.71. The number of hydrogen-bond donors (Lipinski definition) is 7. The van der Waals surface area contributed by atoms with Gasteiger partial charge in [-0.2, -0.15) is 0 Å². The van der Waals surface area contributed by atoms with E-state index in [4.69, 9.17) is 31.5 Å². The minimum absolute atomic E-state index is 0.0110. The molecule has 4 heterocycles. The van der Waals surface area contributed by atoms with Crippen LogP contribution < -0.4 is 27.3 Å². The number of anilines is 3. The van der Waals surface area contributed by atoms with Gasteiger partial charge >= 0.3 is 11.9 Å². The number of aliphatic carboxylic acids is 1. The predicted octanol–water partition coefficient (Wildman–Crippen LogP) is 1.84. The number of benzene rings is 2. The molecular weight excluding hydrogens is 779 g/mol. The Bertz CT molecular complexity index is 2200. The maximum absolute atomic E-state index is 13.8. The van der Waals surface area contributed by atoms with E-state index in [1.807, 2.05) is 0 Å². The fourth-order valence-electron chi connectivity index (χ4n) is 5.27. The number of fused-ring (bicyclic) bond motifs is 1. The normalized spacial score (nSPS) is 17.1. The van der Waals surface area contributed by atoms with Crippen LogP contribution in [0, 0.1) is 0 Å². The van der Waals surface area contributed by atoms with E-state index in [0.29, 0.717) is 16.9 Å². The number of phenols is 2. The number of oxime groups is 1. The first-order valence-corrected chi connectivity index (χ1v) is 18.7. The highest BCUT2D eigenvalue weighted by Gasteiger charge is 2.54. The first kappa shape index (κ1) is 38.5. The Morgan fingerprint density at radius 2 is 1.78 bits per heavy atom. The second kappa shape index (κ2) is 16.4. The van der Waals surface area contributed by atoms with E-state index in [-0.39, 0.29) is 57.0 Å². The molecule has 2 aliphatic rings. The van der Waals surface area contributed by atoms with Crippen LogP contribution in [0.25, 0.3) is 0 Å². The summed E-state index contributed by atoms with van der Waals surface area (Å²) in [6.07, 6.45) is -1.83. The highest BCUT2D eigenvalue weighted by Crippen LogP contribution is 2.42. The van der Waals surface area contributed by atoms with Crippen LogP contribution in [-0.2, 0) is 35.4 Å². The van der Waals surface area contributed by atoms with Crippen molar-refractivity contribution in [2.45, 2.75) is 29.3 Å². The first-order valence-electron chi connectivity index (χ1n) is 15.8. The Labute approximate surface area is 323 Å². The number of β-lactam (4-membered cyclic amide) rings is 1. The van der Waals surface area contributed by atoms with Crippen molar-refractivity contribution in [2.24, 2.45) is 5.16 Å². The van der Waals surface area contributed by atoms with Crippen LogP contribution in [0.2, 0.25) is 0 Å². The zero-order valence-corrected chi connectivity index (χ0v) is 30.9. The van der Waals surface area contributed by atoms with Crippen molar-refractivity contribution in [3.05, 3.63) is 82.0 Å². The number of ether oxygens (including phenoxy) is 2. The van der Waals surface area contributed by atoms with Gasteiger partial charge in [0.2, 0.25) is 6.10 Å². The molecule has 0 bridgehead atoms. The van der Waals surface area contributed by atoms with Crippen LogP contribution in [0.15, 0.2) is 75.5 Å². The number of carboxylic acids is 1. The molecule has 2 aliphatic heterocycles. The summed E-state index contributed by atoms with van der Waals surface area (Å²) in [7, 11) is 1.53. The summed E-state index contributed by atoms with van der Waals surface area (Å²) in [4.78, 5) is 72.3. The number of nitrogen functional groups attached to an aromatic ring is 3. The summed E-state index contributed by atoms with van der Waals surface area (Å²) in [5, 5.41) is 36.7. The molecule has 1 saturated heterocycles. The zero-order chi connectivity index (χ0) is 39.4. The van der Waals surface area contributed by atoms with E-state index in [1.165, 1.54) is 41.3 Å². The number of amides is 2. The molecule has 2 amide bonds. The molecule has 2 aromatic carbocycles. The summed E-state index contributed by atoms with van der Waals surface area (Å²) in [5.41, 5.74) is 17.9. The minimum Gasteiger partial charge on any atom is -0.504 e. The third-order valence-electron chi connectivity index (χ3n) is 7.93. The van der Waals surface area contributed by atoms with Gasteiger partial charge in [-0.15, -0.1) is 23.1 Å². The smallest absolute Gasteiger partial charge is 0.355 e. The van der Waals surface area contributed by atoms with Crippen LogP contribution >= 0.6 is 34.9 Å². The van der Waals surface area contributed by atoms with Crippen molar-refractivity contribution >= 4 is 81.1 Å². The standard InChI is InChI=1S/C33H31N9O10S3/c1-50-17-5-2-14(3-6-17)10-51-31(49)25-16(12-55-33-38-21(34)9-22(35)39-33)11-53-29-24(28(46)42(25)29)40-27(45)23(18-13-54-32(36)37-18)41-52-26(30(47)48)15-4-7-19(43)20(44)8-15/h2-9,13,24,26,29,43-44H,10-12H2,1H3,(H2,36,37)(H,40,45)(H,47,48)(H4,34,35,38,39)/b41-23-/t24-,26+,29-/m1/s1. The molecular formula is C33H31N9O10S3. The molecule has 10 N–H and O–H groups in total. The average Bonchev–Trinajstić information content (AvgIpc) is 3.59. The molecule has 0 spiro atoms. The number of thioether (sulfide) groups is 2. The summed E-state index contributed by atoms with van der Waals surface area (Å²) >= 11 is 3.39. The second-order valence-corrected chi connectivity index (χ2v) is 14.5. The van der Waals surface area contributed by atoms with Crippen LogP contribution in [0.4, 0.5) is 16.8 Å². The van der Waals surface area contributed by atoms with E-state index in [0.717, 1.165) is 35.2 Å². The number of nitrogens with one attached hydrogen (secondary N) is 1. The number of carbonyl (C=O) groups is 4. The van der Waals surface area contributed by atoms with Crippen molar-refractivity contribution in [2.75, 3.05) is 35.8 Å². The lowest BCUT2D eigenvalue weighted by atomic mass is 10.0. The largest absolute Gasteiger partial charge is 0.504 e. The lowest BCUT2D eigenvalue weighted by molar-refractivity contribution is -0.153. The van der Waals surface area contributed by atoms with Crippen LogP contribution in [-0.4, -0.2) is 94.7 Å². The van der Waals surface area contributed by atoms with Gasteiger partial charge in [-0.3, -0.25) is 14.5 Å². The van der Waals surface area contributed by atoms with E-state index in [2.05, 4.69) is 25.4 Å². The Morgan fingerprint density at radius 3 is 2.42 bits per heavy atom. The van der Waals surface area contributed by atoms with Gasteiger partial charge in [0.1, 0.15) is 46.8 Å². The number of nitrogens with zero attached hydrogens (tertiary/aromatic N) is 5. The summed E-state index contributed by atoms with van der Waals surface area (Å²) in [6, 6.07) is 10.3. The SMILES string of the molecule is COc1ccc(COC(=O)C2=C(CSc3nc(N)cc(N)n3)CS[C@@H]3[C@H](NC(=O)/C(=N\O[C@H](C(=O)O)c4ccc(O)c(O)c4)c4csc(N)n4)C(=O)N23)cc1. The molecule has 2 aromatic heterocycles. The van der Waals surface area contributed by atoms with Gasteiger partial charge in [0.25, 0.3) is 11.8 Å². The molecule has 286 valence electrons. The quantitative estimate of drug-likeness (QED) is 0.0182. The number of aromatic nitrogens is 3. The summed E-state index contributed by atoms with van der Waals surface area (Å²) in [6.45, 7) is -0.112. The van der Waals surface area contributed by atoms with Gasteiger partial charge in [0.15, 0.2) is 27.5 Å². The van der Waals surface area contributed by atoms with Gasteiger partial charge in [-0.05, 0) is 35.4 Å². The maximum atomic E-state index is 13.8. The highest BCUT2D eigenvalue weighted by atomic mass is 32.2. The van der Waals surface area contributed by atoms with E-state index in [1.54, 1.807) is 24.3 Å². The lowest BCUT2D eigenvalue weighted by Gasteiger charge is -2.49. The second-order valence-electron chi connectivity index (χ2n) is 11.6. The number of hydrogen-bond acceptors (Lipinski definition) is 19. The average molecular weight is 810 g/mol. The summed E-state index contributed by atoms with van der Waals surface area (Å²) < 4.78 is 10.8. The van der Waals surface area contributed by atoms with Crippen LogP contribution in [0.5, 0.6) is 17.2 Å². The fourth-order valence-corrected chi connectivity index (χ4v) is 8.17. The third kappa shape index (κ3) is 8.60. The molecule has 0 radical (unpaired) electrons. The van der Waals surface area contributed by atoms with Gasteiger partial charge in [-0.25, -0.2) is 24.5 Å². The number of aromatic hydroxyl groups is 2. The number of phenolic OH excluding ortho intramolecular Hbond substituents is 2. The maximum Gasteiger partial charge on any atom is 0.355 e. The van der Waals surface area contributed by atoms with Crippen molar-refractivity contribution in [1.29, 1.82) is 0 Å². The van der Waals surface area contributed by atoms with Crippen LogP contribution in [0.3, 0.4) is 0 Å². The summed E-state index contributed by atoms with van der Waals surface area (Å²) in [5.74, 6) is -3.69. The number of rotatable bonds is 14. The van der Waals surface area contributed by atoms with Crippen LogP contribution in [0.1, 0.15) is 22.9 Å². The minimum atomic E-state index is -1.83. The Kier molecular flexibility index (Phi) is 11.5. The van der Waals surface area contributed by atoms with Crippen molar-refractivity contribution in [3.63, 3.8) is 0 Å². The number of esters is 1. The van der Waals surface area contributed by atoms with Crippen molar-refractivity contribution in [3.8, 4) is 17.2 Å². The molecule has 1 fully saturated rings. The molecule has 6 rings (SSSR count). The topological polar surface area (TPSA) is 301 Å². The first-order chi connectivity index (χ1) is 26.3. The molecule has 0 saturated carbocycles. The molecule has 19 nitrogen and oxygen atoms in total. The Hall–Kier alpha value is -6.26. The fraction of sp³-hybridized carbons (Fsp3) is 0.212. The van der Waals surface area contributed by atoms with Crippen molar-refractivity contribution in [1.82, 2.24) is 25.2 Å². The number of carbonyl (C=O) groups excluding carboxylic acids is 3. The number of methoxy groups -OCH3 is 1. The molecule has 0 unspecified atom stereocenters. The molecule has 0 aliphatic carbocycles. The highest BCUT2D eigenvalue weighted by molar-refractivity contribution is 8.01. The Balaban J connectivity index is 1.24. The van der Waals surface area contributed by atoms with Crippen molar-refractivity contribution < 1.29 is 48.8 Å². The predicted molar refractivity (Wildman–Crippen MR) is 201 cm³/mol. The number of nitrogens with two attached hydrogens (primary N) is 3. The third-order valence-corrected chi connectivity index (χ3v) is 10.9.